The van der Waals surface area contributed by atoms with E-state index in [1.807, 2.05) is 18.2 Å². The lowest BCUT2D eigenvalue weighted by atomic mass is 9.80. The lowest BCUT2D eigenvalue weighted by Crippen LogP contribution is -2.38. The van der Waals surface area contributed by atoms with Crippen molar-refractivity contribution in [3.05, 3.63) is 95.1 Å². The highest BCUT2D eigenvalue weighted by atomic mass is 16.5. The number of carboxylic acids is 1. The number of amides is 1. The lowest BCUT2D eigenvalue weighted by Gasteiger charge is -2.35. The van der Waals surface area contributed by atoms with Gasteiger partial charge in [-0.25, -0.2) is 4.79 Å². The van der Waals surface area contributed by atoms with E-state index in [-0.39, 0.29) is 31.0 Å². The van der Waals surface area contributed by atoms with Crippen LogP contribution in [0.4, 0.5) is 11.4 Å². The van der Waals surface area contributed by atoms with Gasteiger partial charge in [-0.15, -0.1) is 0 Å². The molecule has 1 aliphatic heterocycles. The average Bonchev–Trinajstić information content (AvgIpc) is 3.41. The number of carbonyl (C=O) groups excluding carboxylic acids is 3. The number of aliphatic carboxylic acids is 1. The number of furan rings is 1. The number of nitrogens with one attached hydrogen (secondary N) is 1. The zero-order valence-electron chi connectivity index (χ0n) is 20.7. The van der Waals surface area contributed by atoms with Crippen LogP contribution in [-0.4, -0.2) is 35.8 Å². The molecule has 5 rings (SSSR count). The Balaban J connectivity index is 1.68. The minimum atomic E-state index is -1.09. The van der Waals surface area contributed by atoms with Gasteiger partial charge in [-0.3, -0.25) is 19.3 Å². The summed E-state index contributed by atoms with van der Waals surface area (Å²) in [4.78, 5) is 52.4. The van der Waals surface area contributed by atoms with Crippen molar-refractivity contribution in [2.45, 2.75) is 37.6 Å². The molecule has 2 atom stereocenters. The summed E-state index contributed by atoms with van der Waals surface area (Å²) in [5.74, 6) is -1.64. The van der Waals surface area contributed by atoms with Crippen molar-refractivity contribution in [3.63, 3.8) is 0 Å². The molecule has 194 valence electrons. The maximum atomic E-state index is 13.8. The highest BCUT2D eigenvalue weighted by molar-refractivity contribution is 6.06. The van der Waals surface area contributed by atoms with E-state index in [9.17, 15) is 24.3 Å². The molecule has 2 aliphatic rings. The van der Waals surface area contributed by atoms with Crippen molar-refractivity contribution < 1.29 is 33.4 Å². The first-order valence-electron chi connectivity index (χ1n) is 12.2. The first-order chi connectivity index (χ1) is 18.4. The Hall–Kier alpha value is -4.66. The maximum Gasteiger partial charge on any atom is 0.337 e. The van der Waals surface area contributed by atoms with Crippen LogP contribution in [0.3, 0.4) is 0 Å². The number of nitrogens with zero attached hydrogens (tertiary/aromatic N) is 1. The molecule has 2 N–H and O–H groups in total. The smallest absolute Gasteiger partial charge is 0.337 e. The second-order valence-corrected chi connectivity index (χ2v) is 9.25. The van der Waals surface area contributed by atoms with E-state index in [2.05, 4.69) is 5.32 Å². The van der Waals surface area contributed by atoms with Crippen LogP contribution in [0.25, 0.3) is 0 Å². The van der Waals surface area contributed by atoms with Gasteiger partial charge in [0.2, 0.25) is 5.91 Å². The van der Waals surface area contributed by atoms with Crippen LogP contribution < -0.4 is 10.2 Å². The van der Waals surface area contributed by atoms with Crippen molar-refractivity contribution in [1.29, 1.82) is 0 Å². The Labute approximate surface area is 218 Å². The average molecular weight is 515 g/mol. The largest absolute Gasteiger partial charge is 0.481 e. The molecular formula is C29H26N2O7. The number of Topliss-reactive ketones (excluding diaryl/α,β-unsaturated/α-hetero) is 1. The van der Waals surface area contributed by atoms with Gasteiger partial charge in [0, 0.05) is 30.0 Å². The molecule has 0 fully saturated rings. The molecule has 3 aromatic rings. The van der Waals surface area contributed by atoms with E-state index >= 15 is 0 Å². The Bertz CT molecular complexity index is 1420. The molecule has 1 aliphatic carbocycles. The number of methoxy groups -OCH3 is 1. The Morgan fingerprint density at radius 3 is 2.47 bits per heavy atom. The molecule has 2 heterocycles. The van der Waals surface area contributed by atoms with Gasteiger partial charge in [-0.2, -0.15) is 0 Å². The summed E-state index contributed by atoms with van der Waals surface area (Å²) in [6.45, 7) is 0. The van der Waals surface area contributed by atoms with Gasteiger partial charge in [0.05, 0.1) is 42.8 Å². The van der Waals surface area contributed by atoms with E-state index in [1.165, 1.54) is 12.0 Å². The molecule has 9 heteroatoms. The van der Waals surface area contributed by atoms with Crippen LogP contribution in [-0.2, 0) is 19.1 Å². The summed E-state index contributed by atoms with van der Waals surface area (Å²) in [6.07, 6.45) is 1.66. The van der Waals surface area contributed by atoms with Gasteiger partial charge >= 0.3 is 11.9 Å². The number of allylic oxidation sites excluding steroid dienone is 1. The highest BCUT2D eigenvalue weighted by Gasteiger charge is 2.42. The Morgan fingerprint density at radius 2 is 1.79 bits per heavy atom. The fraction of sp³-hybridized carbons (Fsp3) is 0.241. The van der Waals surface area contributed by atoms with Crippen LogP contribution in [0.2, 0.25) is 0 Å². The standard InChI is InChI=1S/C29H26N2O7/c1-37-29(36)18-10-8-17(9-11-18)28-27-21(15-19(16-23(27)32)24-7-4-14-38-24)30-20-5-2-3-6-22(20)31(28)25(33)12-13-26(34)35/h2-11,14,19,28,30H,12-13,15-16H2,1H3,(H,34,35)/t19-,28+/m0/s1. The third-order valence-electron chi connectivity index (χ3n) is 6.90. The van der Waals surface area contributed by atoms with E-state index in [1.54, 1.807) is 48.7 Å². The van der Waals surface area contributed by atoms with Gasteiger partial charge in [0.1, 0.15) is 5.76 Å². The van der Waals surface area contributed by atoms with Gasteiger partial charge in [-0.05, 0) is 48.4 Å². The number of para-hydroxylation sites is 2. The SMILES string of the molecule is COC(=O)c1ccc([C@@H]2C3=C(C[C@H](c4ccco4)CC3=O)Nc3ccccc3N2C(=O)CCC(=O)O)cc1. The van der Waals surface area contributed by atoms with Crippen LogP contribution in [0.5, 0.6) is 0 Å². The number of hydrogen-bond acceptors (Lipinski definition) is 7. The molecule has 38 heavy (non-hydrogen) atoms. The van der Waals surface area contributed by atoms with Gasteiger partial charge in [0.25, 0.3) is 0 Å². The molecule has 9 nitrogen and oxygen atoms in total. The van der Waals surface area contributed by atoms with Crippen LogP contribution in [0.15, 0.2) is 82.6 Å². The zero-order valence-corrected chi connectivity index (χ0v) is 20.7. The molecule has 1 aromatic heterocycles. The number of carbonyl (C=O) groups is 4. The van der Waals surface area contributed by atoms with Crippen molar-refractivity contribution in [2.24, 2.45) is 0 Å². The van der Waals surface area contributed by atoms with Gasteiger partial charge in [0.15, 0.2) is 5.78 Å². The summed E-state index contributed by atoms with van der Waals surface area (Å²) in [5, 5.41) is 12.7. The minimum Gasteiger partial charge on any atom is -0.481 e. The number of ketones is 1. The number of carboxylic acid groups (broad SMARTS) is 1. The van der Waals surface area contributed by atoms with Gasteiger partial charge < -0.3 is 19.6 Å². The van der Waals surface area contributed by atoms with Crippen molar-refractivity contribution in [2.75, 3.05) is 17.3 Å². The molecule has 0 bridgehead atoms. The van der Waals surface area contributed by atoms with Crippen molar-refractivity contribution >= 4 is 35.0 Å². The molecular weight excluding hydrogens is 488 g/mol. The third kappa shape index (κ3) is 4.70. The molecule has 0 saturated carbocycles. The number of esters is 1. The molecule has 1 amide bonds. The number of benzene rings is 2. The summed E-state index contributed by atoms with van der Waals surface area (Å²) in [7, 11) is 1.29. The topological polar surface area (TPSA) is 126 Å². The van der Waals surface area contributed by atoms with Crippen LogP contribution in [0.1, 0.15) is 59.3 Å². The quantitative estimate of drug-likeness (QED) is 0.448. The number of anilines is 2. The van der Waals surface area contributed by atoms with E-state index < -0.39 is 23.9 Å². The fourth-order valence-electron chi connectivity index (χ4n) is 5.16. The molecule has 0 saturated heterocycles. The molecule has 0 spiro atoms. The van der Waals surface area contributed by atoms with E-state index in [0.29, 0.717) is 46.0 Å². The zero-order chi connectivity index (χ0) is 26.8. The second kappa shape index (κ2) is 10.4. The number of fused-ring (bicyclic) bond motifs is 1. The second-order valence-electron chi connectivity index (χ2n) is 9.25. The molecule has 2 aromatic carbocycles. The predicted octanol–water partition coefficient (Wildman–Crippen LogP) is 4.83. The first-order valence-corrected chi connectivity index (χ1v) is 12.2. The Morgan fingerprint density at radius 1 is 1.03 bits per heavy atom. The Kier molecular flexibility index (Phi) is 6.83. The number of ether oxygens (including phenoxy) is 1. The summed E-state index contributed by atoms with van der Waals surface area (Å²) in [5.41, 5.74) is 3.20. The van der Waals surface area contributed by atoms with E-state index in [0.717, 1.165) is 0 Å². The van der Waals surface area contributed by atoms with E-state index in [4.69, 9.17) is 9.15 Å². The summed E-state index contributed by atoms with van der Waals surface area (Å²) < 4.78 is 10.4. The minimum absolute atomic E-state index is 0.147. The van der Waals surface area contributed by atoms with Crippen molar-refractivity contribution in [3.8, 4) is 0 Å². The lowest BCUT2D eigenvalue weighted by molar-refractivity contribution is -0.138. The maximum absolute atomic E-state index is 13.8. The summed E-state index contributed by atoms with van der Waals surface area (Å²) >= 11 is 0. The van der Waals surface area contributed by atoms with Crippen LogP contribution in [0, 0.1) is 0 Å². The number of rotatable bonds is 6. The monoisotopic (exact) mass is 514 g/mol. The normalized spacial score (nSPS) is 18.7. The predicted molar refractivity (Wildman–Crippen MR) is 138 cm³/mol. The fourth-order valence-corrected chi connectivity index (χ4v) is 5.16. The molecule has 0 radical (unpaired) electrons. The third-order valence-corrected chi connectivity index (χ3v) is 6.90. The summed E-state index contributed by atoms with van der Waals surface area (Å²) in [6, 6.07) is 16.6. The van der Waals surface area contributed by atoms with Gasteiger partial charge in [-0.1, -0.05) is 24.3 Å². The highest BCUT2D eigenvalue weighted by Crippen LogP contribution is 2.47. The van der Waals surface area contributed by atoms with Crippen molar-refractivity contribution in [1.82, 2.24) is 0 Å². The molecule has 0 unspecified atom stereocenters. The van der Waals surface area contributed by atoms with Crippen LogP contribution >= 0.6 is 0 Å². The first kappa shape index (κ1) is 25.0. The number of hydrogen-bond donors (Lipinski definition) is 2.